The highest BCUT2D eigenvalue weighted by Crippen LogP contribution is 2.32. The summed E-state index contributed by atoms with van der Waals surface area (Å²) in [6, 6.07) is 1.38. The minimum atomic E-state index is -1.36. The average Bonchev–Trinajstić information content (AvgIpc) is 2.72. The van der Waals surface area contributed by atoms with Crippen LogP contribution in [0.1, 0.15) is 16.8 Å². The van der Waals surface area contributed by atoms with Crippen molar-refractivity contribution < 1.29 is 19.6 Å². The third-order valence-corrected chi connectivity index (χ3v) is 3.56. The molecule has 8 nitrogen and oxygen atoms in total. The van der Waals surface area contributed by atoms with Gasteiger partial charge < -0.3 is 15.3 Å². The smallest absolute Gasteiger partial charge is 0.338 e. The number of carboxylic acids is 1. The maximum absolute atomic E-state index is 11.8. The summed E-state index contributed by atoms with van der Waals surface area (Å²) in [6.07, 6.45) is 0.502. The SMILES string of the molecule is CN1CCC(Nc2c(Cl)cc([N+](=O)[O-])cc2C(=O)O)C1=O. The molecule has 2 N–H and O–H groups in total. The number of hydrogen-bond donors (Lipinski definition) is 2. The highest BCUT2D eigenvalue weighted by molar-refractivity contribution is 6.34. The molecule has 0 aliphatic carbocycles. The summed E-state index contributed by atoms with van der Waals surface area (Å²) >= 11 is 5.93. The van der Waals surface area contributed by atoms with Gasteiger partial charge in [-0.15, -0.1) is 0 Å². The van der Waals surface area contributed by atoms with E-state index in [0.29, 0.717) is 13.0 Å². The zero-order valence-electron chi connectivity index (χ0n) is 11.0. The predicted octanol–water partition coefficient (Wildman–Crippen LogP) is 1.59. The second kappa shape index (κ2) is 5.57. The van der Waals surface area contributed by atoms with Crippen molar-refractivity contribution in [2.75, 3.05) is 18.9 Å². The third kappa shape index (κ3) is 2.89. The lowest BCUT2D eigenvalue weighted by Crippen LogP contribution is -2.31. The van der Waals surface area contributed by atoms with E-state index in [1.807, 2.05) is 0 Å². The van der Waals surface area contributed by atoms with Gasteiger partial charge in [0.1, 0.15) is 6.04 Å². The van der Waals surface area contributed by atoms with Crippen molar-refractivity contribution in [3.8, 4) is 0 Å². The maximum atomic E-state index is 11.8. The number of aromatic carboxylic acids is 1. The van der Waals surface area contributed by atoms with Crippen LogP contribution in [0.3, 0.4) is 0 Å². The van der Waals surface area contributed by atoms with Crippen LogP contribution in [0.25, 0.3) is 0 Å². The number of rotatable bonds is 4. The molecule has 1 saturated heterocycles. The van der Waals surface area contributed by atoms with Crippen LogP contribution in [0.15, 0.2) is 12.1 Å². The fraction of sp³-hybridized carbons (Fsp3) is 0.333. The quantitative estimate of drug-likeness (QED) is 0.644. The van der Waals surface area contributed by atoms with Gasteiger partial charge in [0.05, 0.1) is 21.2 Å². The van der Waals surface area contributed by atoms with Crippen molar-refractivity contribution in [2.45, 2.75) is 12.5 Å². The van der Waals surface area contributed by atoms with Crippen molar-refractivity contribution in [3.63, 3.8) is 0 Å². The first-order chi connectivity index (χ1) is 9.81. The lowest BCUT2D eigenvalue weighted by atomic mass is 10.1. The normalized spacial score (nSPS) is 17.9. The molecule has 1 aromatic carbocycles. The summed E-state index contributed by atoms with van der Waals surface area (Å²) in [4.78, 5) is 34.6. The number of non-ortho nitro benzene ring substituents is 1. The molecule has 0 bridgehead atoms. The van der Waals surface area contributed by atoms with Crippen LogP contribution in [0.2, 0.25) is 5.02 Å². The van der Waals surface area contributed by atoms with Gasteiger partial charge in [-0.2, -0.15) is 0 Å². The number of nitro groups is 1. The lowest BCUT2D eigenvalue weighted by Gasteiger charge is -2.16. The Labute approximate surface area is 124 Å². The van der Waals surface area contributed by atoms with E-state index in [9.17, 15) is 24.8 Å². The monoisotopic (exact) mass is 313 g/mol. The van der Waals surface area contributed by atoms with Crippen LogP contribution in [-0.2, 0) is 4.79 Å². The number of anilines is 1. The summed E-state index contributed by atoms with van der Waals surface area (Å²) in [5.74, 6) is -1.54. The Hall–Kier alpha value is -2.35. The molecule has 1 atom stereocenters. The van der Waals surface area contributed by atoms with E-state index in [-0.39, 0.29) is 22.2 Å². The molecule has 0 spiro atoms. The molecule has 1 fully saturated rings. The van der Waals surface area contributed by atoms with Crippen LogP contribution < -0.4 is 5.32 Å². The zero-order valence-corrected chi connectivity index (χ0v) is 11.8. The summed E-state index contributed by atoms with van der Waals surface area (Å²) in [5.41, 5.74) is -0.738. The molecule has 9 heteroatoms. The van der Waals surface area contributed by atoms with E-state index >= 15 is 0 Å². The Morgan fingerprint density at radius 3 is 2.71 bits per heavy atom. The van der Waals surface area contributed by atoms with Gasteiger partial charge in [0.2, 0.25) is 5.91 Å². The number of halogens is 1. The van der Waals surface area contributed by atoms with Crippen LogP contribution >= 0.6 is 11.6 Å². The number of benzene rings is 1. The van der Waals surface area contributed by atoms with Gasteiger partial charge >= 0.3 is 5.97 Å². The van der Waals surface area contributed by atoms with Crippen molar-refractivity contribution in [1.29, 1.82) is 0 Å². The number of hydrogen-bond acceptors (Lipinski definition) is 5. The first-order valence-corrected chi connectivity index (χ1v) is 6.41. The van der Waals surface area contributed by atoms with E-state index in [2.05, 4.69) is 5.32 Å². The molecule has 1 heterocycles. The second-order valence-corrected chi connectivity index (χ2v) is 5.07. The largest absolute Gasteiger partial charge is 0.478 e. The van der Waals surface area contributed by atoms with Crippen molar-refractivity contribution >= 4 is 34.9 Å². The molecular weight excluding hydrogens is 302 g/mol. The average molecular weight is 314 g/mol. The van der Waals surface area contributed by atoms with E-state index in [1.165, 1.54) is 4.90 Å². The number of likely N-dealkylation sites (tertiary alicyclic amines) is 1. The molecule has 2 rings (SSSR count). The maximum Gasteiger partial charge on any atom is 0.338 e. The number of carbonyl (C=O) groups is 2. The van der Waals surface area contributed by atoms with E-state index in [4.69, 9.17) is 11.6 Å². The Kier molecular flexibility index (Phi) is 3.99. The minimum absolute atomic E-state index is 0.0171. The molecule has 0 aromatic heterocycles. The summed E-state index contributed by atoms with van der Waals surface area (Å²) < 4.78 is 0. The number of nitrogens with one attached hydrogen (secondary N) is 1. The number of nitro benzene ring substituents is 1. The van der Waals surface area contributed by atoms with Gasteiger partial charge in [0.25, 0.3) is 5.69 Å². The topological polar surface area (TPSA) is 113 Å². The van der Waals surface area contributed by atoms with E-state index in [1.54, 1.807) is 7.05 Å². The van der Waals surface area contributed by atoms with E-state index < -0.39 is 22.6 Å². The summed E-state index contributed by atoms with van der Waals surface area (Å²) in [7, 11) is 1.64. The second-order valence-electron chi connectivity index (χ2n) is 4.66. The number of amides is 1. The number of carboxylic acid groups (broad SMARTS) is 1. The summed E-state index contributed by atoms with van der Waals surface area (Å²) in [5, 5.41) is 22.6. The van der Waals surface area contributed by atoms with Crippen molar-refractivity contribution in [3.05, 3.63) is 32.8 Å². The standard InChI is InChI=1S/C12H12ClN3O5/c1-15-3-2-9(11(15)17)14-10-7(12(18)19)4-6(16(20)21)5-8(10)13/h4-5,9,14H,2-3H2,1H3,(H,18,19). The molecule has 0 radical (unpaired) electrons. The lowest BCUT2D eigenvalue weighted by molar-refractivity contribution is -0.384. The molecule has 0 saturated carbocycles. The van der Waals surface area contributed by atoms with Crippen LogP contribution in [-0.4, -0.2) is 46.4 Å². The van der Waals surface area contributed by atoms with Crippen LogP contribution in [0.4, 0.5) is 11.4 Å². The van der Waals surface area contributed by atoms with Gasteiger partial charge in [-0.25, -0.2) is 4.79 Å². The first-order valence-electron chi connectivity index (χ1n) is 6.04. The predicted molar refractivity (Wildman–Crippen MR) is 74.7 cm³/mol. The number of nitrogens with zero attached hydrogens (tertiary/aromatic N) is 2. The molecule has 1 aliphatic heterocycles. The fourth-order valence-electron chi connectivity index (χ4n) is 2.14. The van der Waals surface area contributed by atoms with Crippen LogP contribution in [0.5, 0.6) is 0 Å². The molecular formula is C12H12ClN3O5. The minimum Gasteiger partial charge on any atom is -0.478 e. The highest BCUT2D eigenvalue weighted by atomic mass is 35.5. The van der Waals surface area contributed by atoms with Crippen molar-refractivity contribution in [1.82, 2.24) is 4.90 Å². The van der Waals surface area contributed by atoms with Gasteiger partial charge in [-0.3, -0.25) is 14.9 Å². The Balaban J connectivity index is 2.41. The Morgan fingerprint density at radius 2 is 2.24 bits per heavy atom. The highest BCUT2D eigenvalue weighted by Gasteiger charge is 2.31. The molecule has 21 heavy (non-hydrogen) atoms. The first kappa shape index (κ1) is 15.0. The van der Waals surface area contributed by atoms with Crippen molar-refractivity contribution in [2.24, 2.45) is 0 Å². The third-order valence-electron chi connectivity index (χ3n) is 3.26. The Morgan fingerprint density at radius 1 is 1.57 bits per heavy atom. The van der Waals surface area contributed by atoms with Gasteiger partial charge in [0, 0.05) is 25.7 Å². The number of likely N-dealkylation sites (N-methyl/N-ethyl adjacent to an activating group) is 1. The molecule has 112 valence electrons. The molecule has 1 unspecified atom stereocenters. The van der Waals surface area contributed by atoms with Gasteiger partial charge in [-0.05, 0) is 6.42 Å². The summed E-state index contributed by atoms with van der Waals surface area (Å²) in [6.45, 7) is 0.545. The fourth-order valence-corrected chi connectivity index (χ4v) is 2.41. The van der Waals surface area contributed by atoms with E-state index in [0.717, 1.165) is 12.1 Å². The number of carbonyl (C=O) groups excluding carboxylic acids is 1. The molecule has 1 aromatic rings. The van der Waals surface area contributed by atoms with Crippen LogP contribution in [0, 0.1) is 10.1 Å². The van der Waals surface area contributed by atoms with Gasteiger partial charge in [-0.1, -0.05) is 11.6 Å². The Bertz CT molecular complexity index is 634. The molecule has 1 amide bonds. The molecule has 1 aliphatic rings. The van der Waals surface area contributed by atoms with Gasteiger partial charge in [0.15, 0.2) is 0 Å². The zero-order chi connectivity index (χ0) is 15.7.